The monoisotopic (exact) mass is 596 g/mol. The van der Waals surface area contributed by atoms with E-state index < -0.39 is 23.7 Å². The predicted octanol–water partition coefficient (Wildman–Crippen LogP) is 5.95. The van der Waals surface area contributed by atoms with Gasteiger partial charge in [-0.1, -0.05) is 47.7 Å². The number of hydrogen-bond donors (Lipinski definition) is 1. The molecule has 1 N–H and O–H groups in total. The Morgan fingerprint density at radius 1 is 0.953 bits per heavy atom. The first-order valence-electron chi connectivity index (χ1n) is 13.4. The molecule has 1 aromatic heterocycles. The van der Waals surface area contributed by atoms with Crippen LogP contribution in [0.15, 0.2) is 78.4 Å². The first-order chi connectivity index (χ1) is 20.6. The molecule has 4 aromatic rings. The van der Waals surface area contributed by atoms with Crippen LogP contribution in [0, 0.1) is 13.8 Å². The highest BCUT2D eigenvalue weighted by molar-refractivity contribution is 7.18. The Morgan fingerprint density at radius 3 is 2.21 bits per heavy atom. The summed E-state index contributed by atoms with van der Waals surface area (Å²) in [6.07, 6.45) is 0. The van der Waals surface area contributed by atoms with Gasteiger partial charge in [0.15, 0.2) is 10.9 Å². The van der Waals surface area contributed by atoms with Gasteiger partial charge >= 0.3 is 11.9 Å². The summed E-state index contributed by atoms with van der Waals surface area (Å²) < 4.78 is 10.7. The normalized spacial score (nSPS) is 15.9. The van der Waals surface area contributed by atoms with Crippen LogP contribution in [0.4, 0.5) is 5.13 Å². The van der Waals surface area contributed by atoms with E-state index in [1.807, 2.05) is 31.2 Å². The van der Waals surface area contributed by atoms with Crippen molar-refractivity contribution < 1.29 is 33.8 Å². The van der Waals surface area contributed by atoms with Gasteiger partial charge < -0.3 is 14.6 Å². The third-order valence-corrected chi connectivity index (χ3v) is 8.44. The fourth-order valence-corrected chi connectivity index (χ4v) is 5.86. The number of esters is 1. The number of aromatic nitrogens is 1. The number of aryl methyl sites for hydroxylation is 2. The van der Waals surface area contributed by atoms with Crippen molar-refractivity contribution in [3.63, 3.8) is 0 Å². The van der Waals surface area contributed by atoms with Crippen molar-refractivity contribution in [3.05, 3.63) is 117 Å². The molecule has 1 aliphatic rings. The summed E-state index contributed by atoms with van der Waals surface area (Å²) in [7, 11) is 1.27. The van der Waals surface area contributed by atoms with E-state index in [4.69, 9.17) is 9.47 Å². The van der Waals surface area contributed by atoms with E-state index in [0.29, 0.717) is 34.1 Å². The fraction of sp³-hybridized carbons (Fsp3) is 0.182. The van der Waals surface area contributed by atoms with Gasteiger partial charge in [0.2, 0.25) is 0 Å². The van der Waals surface area contributed by atoms with Crippen LogP contribution in [0.5, 0.6) is 5.75 Å². The van der Waals surface area contributed by atoms with E-state index in [0.717, 1.165) is 22.5 Å². The van der Waals surface area contributed by atoms with Gasteiger partial charge in [-0.3, -0.25) is 19.3 Å². The molecule has 0 bridgehead atoms. The van der Waals surface area contributed by atoms with E-state index in [-0.39, 0.29) is 27.8 Å². The fourth-order valence-electron chi connectivity index (χ4n) is 4.87. The predicted molar refractivity (Wildman–Crippen MR) is 161 cm³/mol. The van der Waals surface area contributed by atoms with Gasteiger partial charge in [-0.05, 0) is 66.9 Å². The molecule has 1 fully saturated rings. The summed E-state index contributed by atoms with van der Waals surface area (Å²) in [5.74, 6) is -2.39. The van der Waals surface area contributed by atoms with Crippen LogP contribution >= 0.6 is 11.3 Å². The zero-order chi connectivity index (χ0) is 30.8. The molecule has 1 unspecified atom stereocenters. The number of methoxy groups -OCH3 is 1. The molecule has 2 heterocycles. The van der Waals surface area contributed by atoms with E-state index >= 15 is 0 Å². The smallest absolute Gasteiger partial charge is 0.337 e. The third kappa shape index (κ3) is 5.69. The number of aliphatic hydroxyl groups excluding tert-OH is 1. The summed E-state index contributed by atoms with van der Waals surface area (Å²) in [6, 6.07) is 19.5. The molecule has 0 radical (unpaired) electrons. The molecule has 1 atom stereocenters. The van der Waals surface area contributed by atoms with Crippen molar-refractivity contribution in [1.29, 1.82) is 0 Å². The Balaban J connectivity index is 1.55. The lowest BCUT2D eigenvalue weighted by molar-refractivity contribution is -0.132. The highest BCUT2D eigenvalue weighted by atomic mass is 32.1. The lowest BCUT2D eigenvalue weighted by Crippen LogP contribution is -2.29. The first kappa shape index (κ1) is 29.4. The van der Waals surface area contributed by atoms with Gasteiger partial charge in [0.25, 0.3) is 5.78 Å². The summed E-state index contributed by atoms with van der Waals surface area (Å²) in [5.41, 5.74) is 3.44. The van der Waals surface area contributed by atoms with Gasteiger partial charge in [0.1, 0.15) is 18.1 Å². The van der Waals surface area contributed by atoms with Crippen molar-refractivity contribution in [2.24, 2.45) is 0 Å². The topological polar surface area (TPSA) is 123 Å². The van der Waals surface area contributed by atoms with Gasteiger partial charge in [-0.25, -0.2) is 9.78 Å². The summed E-state index contributed by atoms with van der Waals surface area (Å²) >= 11 is 0.994. The maximum atomic E-state index is 13.5. The number of nitrogens with zero attached hydrogens (tertiary/aromatic N) is 2. The quantitative estimate of drug-likeness (QED) is 0.0870. The zero-order valence-electron chi connectivity index (χ0n) is 23.9. The minimum absolute atomic E-state index is 0.144. The molecule has 5 rings (SSSR count). The molecule has 1 saturated heterocycles. The Hall–Kier alpha value is -5.09. The number of Topliss-reactive ketones (excluding diaryl/α,β-unsaturated/α-hetero) is 2. The third-order valence-electron chi connectivity index (χ3n) is 7.19. The number of anilines is 1. The molecule has 43 heavy (non-hydrogen) atoms. The van der Waals surface area contributed by atoms with Gasteiger partial charge in [0, 0.05) is 12.5 Å². The van der Waals surface area contributed by atoms with Gasteiger partial charge in [-0.15, -0.1) is 0 Å². The van der Waals surface area contributed by atoms with Crippen molar-refractivity contribution in [2.75, 3.05) is 12.0 Å². The number of ether oxygens (including phenoxy) is 2. The molecule has 1 aliphatic heterocycles. The Labute approximate surface area is 252 Å². The van der Waals surface area contributed by atoms with Crippen LogP contribution in [-0.4, -0.2) is 40.6 Å². The second-order valence-electron chi connectivity index (χ2n) is 9.99. The van der Waals surface area contributed by atoms with Crippen molar-refractivity contribution >= 4 is 45.7 Å². The summed E-state index contributed by atoms with van der Waals surface area (Å²) in [5, 5.41) is 11.6. The zero-order valence-corrected chi connectivity index (χ0v) is 24.7. The number of carbonyl (C=O) groups is 4. The van der Waals surface area contributed by atoms with Crippen LogP contribution in [0.25, 0.3) is 5.76 Å². The summed E-state index contributed by atoms with van der Waals surface area (Å²) in [4.78, 5) is 57.1. The number of aliphatic hydroxyl groups is 1. The highest BCUT2D eigenvalue weighted by Crippen LogP contribution is 2.44. The van der Waals surface area contributed by atoms with Crippen molar-refractivity contribution in [2.45, 2.75) is 33.4 Å². The second kappa shape index (κ2) is 12.0. The van der Waals surface area contributed by atoms with Crippen LogP contribution in [0.2, 0.25) is 0 Å². The minimum atomic E-state index is -1.07. The minimum Gasteiger partial charge on any atom is -0.507 e. The Kier molecular flexibility index (Phi) is 8.22. The average molecular weight is 597 g/mol. The standard InChI is InChI=1S/C33H28N2O7S/c1-18-7-5-6-8-24(18)17-42-25-15-13-22(14-16-25)28(37)26-27(21-9-11-23(12-10-21)32(40)41-4)35(31(39)29(26)38)33-34-19(2)30(43-33)20(3)36/h5-16,27,37H,17H2,1-4H3. The molecular formula is C33H28N2O7S. The van der Waals surface area contributed by atoms with E-state index in [1.165, 1.54) is 31.1 Å². The molecule has 10 heteroatoms. The molecule has 218 valence electrons. The van der Waals surface area contributed by atoms with Crippen molar-refractivity contribution in [1.82, 2.24) is 4.98 Å². The first-order valence-corrected chi connectivity index (χ1v) is 14.2. The average Bonchev–Trinajstić information content (AvgIpc) is 3.52. The molecule has 0 aliphatic carbocycles. The molecule has 0 saturated carbocycles. The molecule has 1 amide bonds. The van der Waals surface area contributed by atoms with Crippen LogP contribution < -0.4 is 9.64 Å². The number of benzene rings is 3. The number of rotatable bonds is 8. The molecule has 9 nitrogen and oxygen atoms in total. The van der Waals surface area contributed by atoms with Crippen molar-refractivity contribution in [3.8, 4) is 5.75 Å². The SMILES string of the molecule is COC(=O)c1ccc(C2C(=C(O)c3ccc(OCc4ccccc4C)cc3)C(=O)C(=O)N2c2nc(C)c(C(C)=O)s2)cc1. The van der Waals surface area contributed by atoms with E-state index in [9.17, 15) is 24.3 Å². The highest BCUT2D eigenvalue weighted by Gasteiger charge is 2.48. The maximum absolute atomic E-state index is 13.5. The number of ketones is 2. The largest absolute Gasteiger partial charge is 0.507 e. The number of thiazole rings is 1. The number of carbonyl (C=O) groups excluding carboxylic acids is 4. The van der Waals surface area contributed by atoms with Crippen LogP contribution in [-0.2, 0) is 20.9 Å². The lowest BCUT2D eigenvalue weighted by Gasteiger charge is -2.23. The molecular weight excluding hydrogens is 568 g/mol. The molecule has 0 spiro atoms. The van der Waals surface area contributed by atoms with Crippen LogP contribution in [0.1, 0.15) is 60.9 Å². The van der Waals surface area contributed by atoms with Crippen LogP contribution in [0.3, 0.4) is 0 Å². The summed E-state index contributed by atoms with van der Waals surface area (Å²) in [6.45, 7) is 5.41. The second-order valence-corrected chi connectivity index (χ2v) is 11.0. The van der Waals surface area contributed by atoms with E-state index in [1.54, 1.807) is 43.3 Å². The Morgan fingerprint density at radius 2 is 1.60 bits per heavy atom. The number of amides is 1. The molecule has 3 aromatic carbocycles. The van der Waals surface area contributed by atoms with Gasteiger partial charge in [-0.2, -0.15) is 0 Å². The maximum Gasteiger partial charge on any atom is 0.337 e. The van der Waals surface area contributed by atoms with Gasteiger partial charge in [0.05, 0.1) is 34.9 Å². The van der Waals surface area contributed by atoms with E-state index in [2.05, 4.69) is 4.98 Å². The number of hydrogen-bond acceptors (Lipinski definition) is 9. The lowest BCUT2D eigenvalue weighted by atomic mass is 9.94. The Bertz CT molecular complexity index is 1770.